The van der Waals surface area contributed by atoms with Crippen LogP contribution >= 0.6 is 35.0 Å². The van der Waals surface area contributed by atoms with Crippen LogP contribution in [0.4, 0.5) is 5.69 Å². The first-order valence-corrected chi connectivity index (χ1v) is 7.48. The van der Waals surface area contributed by atoms with Crippen LogP contribution in [0.5, 0.6) is 0 Å². The number of benzene rings is 2. The van der Waals surface area contributed by atoms with Crippen molar-refractivity contribution in [1.29, 1.82) is 0 Å². The van der Waals surface area contributed by atoms with Crippen molar-refractivity contribution in [3.8, 4) is 0 Å². The lowest BCUT2D eigenvalue weighted by Crippen LogP contribution is -1.92. The molecule has 1 heterocycles. The molecule has 0 saturated carbocycles. The quantitative estimate of drug-likeness (QED) is 0.698. The fourth-order valence-corrected chi connectivity index (χ4v) is 3.27. The Bertz CT molecular complexity index is 790. The highest BCUT2D eigenvalue weighted by atomic mass is 35.5. The number of nitrogens with two attached hydrogens (primary N) is 1. The number of nitrogen functional groups attached to an aromatic ring is 1. The molecule has 5 heteroatoms. The molecule has 0 atom stereocenters. The molecule has 3 rings (SSSR count). The Morgan fingerprint density at radius 3 is 2.60 bits per heavy atom. The molecular formula is C15H10Cl2N2S. The number of rotatable bonds is 2. The number of pyridine rings is 1. The summed E-state index contributed by atoms with van der Waals surface area (Å²) in [5, 5.41) is 2.11. The van der Waals surface area contributed by atoms with Crippen molar-refractivity contribution < 1.29 is 0 Å². The van der Waals surface area contributed by atoms with E-state index >= 15 is 0 Å². The summed E-state index contributed by atoms with van der Waals surface area (Å²) >= 11 is 13.5. The number of hydrogen-bond donors (Lipinski definition) is 1. The Balaban J connectivity index is 2.10. The molecular weight excluding hydrogens is 311 g/mol. The van der Waals surface area contributed by atoms with Crippen LogP contribution < -0.4 is 5.73 Å². The van der Waals surface area contributed by atoms with Crippen LogP contribution in [0.1, 0.15) is 0 Å². The highest BCUT2D eigenvalue weighted by Crippen LogP contribution is 2.38. The van der Waals surface area contributed by atoms with Crippen LogP contribution in [-0.2, 0) is 0 Å². The van der Waals surface area contributed by atoms with Crippen molar-refractivity contribution in [3.63, 3.8) is 0 Å². The van der Waals surface area contributed by atoms with Crippen molar-refractivity contribution in [1.82, 2.24) is 4.98 Å². The number of anilines is 1. The van der Waals surface area contributed by atoms with E-state index in [1.165, 1.54) is 0 Å². The van der Waals surface area contributed by atoms with Crippen molar-refractivity contribution >= 4 is 51.6 Å². The number of fused-ring (bicyclic) bond motifs is 1. The van der Waals surface area contributed by atoms with Crippen LogP contribution in [0.25, 0.3) is 10.9 Å². The van der Waals surface area contributed by atoms with E-state index in [4.69, 9.17) is 28.9 Å². The van der Waals surface area contributed by atoms with E-state index in [1.807, 2.05) is 36.4 Å². The number of aromatic nitrogens is 1. The molecule has 0 unspecified atom stereocenters. The van der Waals surface area contributed by atoms with Crippen molar-refractivity contribution in [2.45, 2.75) is 9.79 Å². The molecule has 0 spiro atoms. The Labute approximate surface area is 130 Å². The maximum Gasteiger partial charge on any atom is 0.0715 e. The van der Waals surface area contributed by atoms with Gasteiger partial charge in [-0.15, -0.1) is 0 Å². The third-order valence-electron chi connectivity index (χ3n) is 2.86. The third kappa shape index (κ3) is 2.57. The van der Waals surface area contributed by atoms with E-state index in [0.29, 0.717) is 15.7 Å². The second kappa shape index (κ2) is 5.52. The predicted octanol–water partition coefficient (Wildman–Crippen LogP) is 5.28. The Morgan fingerprint density at radius 1 is 1.00 bits per heavy atom. The van der Waals surface area contributed by atoms with Gasteiger partial charge in [-0.1, -0.05) is 53.2 Å². The van der Waals surface area contributed by atoms with E-state index < -0.39 is 0 Å². The fraction of sp³-hybridized carbons (Fsp3) is 0. The molecule has 100 valence electrons. The van der Waals surface area contributed by atoms with Gasteiger partial charge in [-0.25, -0.2) is 0 Å². The van der Waals surface area contributed by atoms with E-state index in [2.05, 4.69) is 4.98 Å². The fourth-order valence-electron chi connectivity index (χ4n) is 1.90. The van der Waals surface area contributed by atoms with Crippen molar-refractivity contribution in [2.24, 2.45) is 0 Å². The van der Waals surface area contributed by atoms with Gasteiger partial charge in [-0.05, 0) is 24.3 Å². The molecule has 2 nitrogen and oxygen atoms in total. The normalized spacial score (nSPS) is 10.9. The first-order chi connectivity index (χ1) is 9.65. The lowest BCUT2D eigenvalue weighted by atomic mass is 10.2. The molecule has 0 bridgehead atoms. The summed E-state index contributed by atoms with van der Waals surface area (Å²) < 4.78 is 0. The highest BCUT2D eigenvalue weighted by molar-refractivity contribution is 7.99. The maximum atomic E-state index is 6.06. The zero-order valence-electron chi connectivity index (χ0n) is 10.3. The summed E-state index contributed by atoms with van der Waals surface area (Å²) in [7, 11) is 0. The van der Waals surface area contributed by atoms with Crippen molar-refractivity contribution in [2.75, 3.05) is 5.73 Å². The molecule has 0 saturated heterocycles. The zero-order valence-corrected chi connectivity index (χ0v) is 12.6. The van der Waals surface area contributed by atoms with Gasteiger partial charge in [-0.2, -0.15) is 0 Å². The van der Waals surface area contributed by atoms with Gasteiger partial charge in [0.25, 0.3) is 0 Å². The summed E-state index contributed by atoms with van der Waals surface area (Å²) in [6.07, 6.45) is 1.68. The van der Waals surface area contributed by atoms with E-state index in [0.717, 1.165) is 20.7 Å². The Kier molecular flexibility index (Phi) is 3.74. The van der Waals surface area contributed by atoms with E-state index in [9.17, 15) is 0 Å². The van der Waals surface area contributed by atoms with Gasteiger partial charge in [0.2, 0.25) is 0 Å². The van der Waals surface area contributed by atoms with Gasteiger partial charge < -0.3 is 5.73 Å². The van der Waals surface area contributed by atoms with E-state index in [-0.39, 0.29) is 0 Å². The van der Waals surface area contributed by atoms with E-state index in [1.54, 1.807) is 24.0 Å². The molecule has 20 heavy (non-hydrogen) atoms. The lowest BCUT2D eigenvalue weighted by molar-refractivity contribution is 1.35. The monoisotopic (exact) mass is 320 g/mol. The summed E-state index contributed by atoms with van der Waals surface area (Å²) in [5.74, 6) is 0. The van der Waals surface area contributed by atoms with Crippen LogP contribution in [0.3, 0.4) is 0 Å². The molecule has 3 aromatic rings. The van der Waals surface area contributed by atoms with Gasteiger partial charge in [0.1, 0.15) is 0 Å². The Morgan fingerprint density at radius 2 is 1.80 bits per heavy atom. The van der Waals surface area contributed by atoms with Crippen LogP contribution in [0, 0.1) is 0 Å². The first kappa shape index (κ1) is 13.6. The SMILES string of the molecule is Nc1cnc2ccccc2c1Sc1ccc(Cl)c(Cl)c1. The van der Waals surface area contributed by atoms with Gasteiger partial charge in [-0.3, -0.25) is 4.98 Å². The summed E-state index contributed by atoms with van der Waals surface area (Å²) in [4.78, 5) is 6.30. The number of nitrogens with zero attached hydrogens (tertiary/aromatic N) is 1. The topological polar surface area (TPSA) is 38.9 Å². The van der Waals surface area contributed by atoms with Crippen LogP contribution in [0.2, 0.25) is 10.0 Å². The molecule has 0 amide bonds. The average Bonchev–Trinajstić information content (AvgIpc) is 2.46. The minimum absolute atomic E-state index is 0.536. The number of halogens is 2. The zero-order chi connectivity index (χ0) is 14.1. The average molecular weight is 321 g/mol. The third-order valence-corrected chi connectivity index (χ3v) is 4.75. The number of para-hydroxylation sites is 1. The molecule has 2 N–H and O–H groups in total. The van der Waals surface area contributed by atoms with Crippen LogP contribution in [0.15, 0.2) is 58.5 Å². The smallest absolute Gasteiger partial charge is 0.0715 e. The second-order valence-electron chi connectivity index (χ2n) is 4.24. The minimum Gasteiger partial charge on any atom is -0.397 e. The molecule has 0 aliphatic rings. The lowest BCUT2D eigenvalue weighted by Gasteiger charge is -2.09. The standard InChI is InChI=1S/C15H10Cl2N2S/c16-11-6-5-9(7-12(11)17)20-15-10-3-1-2-4-14(10)19-8-13(15)18/h1-8H,18H2. The van der Waals surface area contributed by atoms with Crippen molar-refractivity contribution in [3.05, 3.63) is 58.7 Å². The summed E-state index contributed by atoms with van der Waals surface area (Å²) in [6, 6.07) is 13.5. The van der Waals surface area contributed by atoms with Gasteiger partial charge >= 0.3 is 0 Å². The van der Waals surface area contributed by atoms with Gasteiger partial charge in [0, 0.05) is 15.2 Å². The number of hydrogen-bond acceptors (Lipinski definition) is 3. The predicted molar refractivity (Wildman–Crippen MR) is 86.7 cm³/mol. The highest BCUT2D eigenvalue weighted by Gasteiger charge is 2.09. The molecule has 0 aliphatic heterocycles. The van der Waals surface area contributed by atoms with Crippen LogP contribution in [-0.4, -0.2) is 4.98 Å². The Hall–Kier alpha value is -1.42. The molecule has 0 radical (unpaired) electrons. The summed E-state index contributed by atoms with van der Waals surface area (Å²) in [5.41, 5.74) is 7.63. The van der Waals surface area contributed by atoms with Gasteiger partial charge in [0.05, 0.1) is 27.4 Å². The van der Waals surface area contributed by atoms with Gasteiger partial charge in [0.15, 0.2) is 0 Å². The molecule has 2 aromatic carbocycles. The second-order valence-corrected chi connectivity index (χ2v) is 6.14. The molecule has 0 aliphatic carbocycles. The summed E-state index contributed by atoms with van der Waals surface area (Å²) in [6.45, 7) is 0. The maximum absolute atomic E-state index is 6.06. The first-order valence-electron chi connectivity index (χ1n) is 5.91. The largest absolute Gasteiger partial charge is 0.397 e. The molecule has 1 aromatic heterocycles. The minimum atomic E-state index is 0.536. The molecule has 0 fully saturated rings.